The molecule has 136 valence electrons. The van der Waals surface area contributed by atoms with E-state index in [1.807, 2.05) is 31.2 Å². The lowest BCUT2D eigenvalue weighted by atomic mass is 10.1. The number of rotatable bonds is 3. The van der Waals surface area contributed by atoms with E-state index in [4.69, 9.17) is 17.3 Å². The number of nitrogens with two attached hydrogens (primary N) is 1. The highest BCUT2D eigenvalue weighted by Crippen LogP contribution is 2.35. The Morgan fingerprint density at radius 1 is 1.20 bits per heavy atom. The molecule has 0 aliphatic carbocycles. The van der Waals surface area contributed by atoms with Crippen LogP contribution in [0.2, 0.25) is 5.02 Å². The number of nitrogens with zero attached hydrogens (tertiary/aromatic N) is 2. The van der Waals surface area contributed by atoms with Gasteiger partial charge in [-0.1, -0.05) is 30.7 Å². The molecule has 0 amide bonds. The van der Waals surface area contributed by atoms with E-state index in [-0.39, 0.29) is 29.1 Å². The molecule has 0 bridgehead atoms. The van der Waals surface area contributed by atoms with E-state index in [0.29, 0.717) is 0 Å². The summed E-state index contributed by atoms with van der Waals surface area (Å²) in [7, 11) is 1.69. The fourth-order valence-corrected chi connectivity index (χ4v) is 2.25. The van der Waals surface area contributed by atoms with Crippen molar-refractivity contribution in [3.8, 4) is 0 Å². The van der Waals surface area contributed by atoms with Crippen molar-refractivity contribution >= 4 is 41.3 Å². The SMILES string of the molecule is CCc1cccc(N(C)C(N)=Nc2cc(C(F)(F)F)ccc2Cl)c1.Cl. The smallest absolute Gasteiger partial charge is 0.369 e. The lowest BCUT2D eigenvalue weighted by molar-refractivity contribution is -0.137. The number of hydrogen-bond donors (Lipinski definition) is 1. The highest BCUT2D eigenvalue weighted by atomic mass is 35.5. The first kappa shape index (κ1) is 21.1. The van der Waals surface area contributed by atoms with Crippen molar-refractivity contribution in [2.24, 2.45) is 10.7 Å². The Kier molecular flexibility index (Phi) is 7.14. The van der Waals surface area contributed by atoms with Gasteiger partial charge in [0.15, 0.2) is 0 Å². The Labute approximate surface area is 155 Å². The van der Waals surface area contributed by atoms with Crippen LogP contribution in [0.5, 0.6) is 0 Å². The maximum Gasteiger partial charge on any atom is 0.416 e. The van der Waals surface area contributed by atoms with E-state index in [2.05, 4.69) is 4.99 Å². The molecule has 0 aliphatic rings. The Balaban J connectivity index is 0.00000312. The third-order valence-electron chi connectivity index (χ3n) is 3.56. The van der Waals surface area contributed by atoms with Gasteiger partial charge < -0.3 is 10.6 Å². The van der Waals surface area contributed by atoms with Crippen LogP contribution in [0, 0.1) is 0 Å². The molecule has 2 N–H and O–H groups in total. The van der Waals surface area contributed by atoms with Crippen molar-refractivity contribution in [2.45, 2.75) is 19.5 Å². The third-order valence-corrected chi connectivity index (χ3v) is 3.88. The topological polar surface area (TPSA) is 41.6 Å². The summed E-state index contributed by atoms with van der Waals surface area (Å²) in [6.07, 6.45) is -3.61. The molecule has 0 atom stereocenters. The van der Waals surface area contributed by atoms with E-state index in [0.717, 1.165) is 35.9 Å². The van der Waals surface area contributed by atoms with Crippen LogP contribution in [0.4, 0.5) is 24.5 Å². The van der Waals surface area contributed by atoms with Crippen molar-refractivity contribution < 1.29 is 13.2 Å². The van der Waals surface area contributed by atoms with Crippen LogP contribution in [0.15, 0.2) is 47.5 Å². The van der Waals surface area contributed by atoms with Gasteiger partial charge in [-0.3, -0.25) is 0 Å². The number of anilines is 1. The molecule has 2 aromatic rings. The molecular weight excluding hydrogens is 374 g/mol. The Bertz CT molecular complexity index is 761. The average molecular weight is 392 g/mol. The van der Waals surface area contributed by atoms with Crippen molar-refractivity contribution in [3.05, 3.63) is 58.6 Å². The number of aryl methyl sites for hydroxylation is 1. The van der Waals surface area contributed by atoms with Crippen molar-refractivity contribution in [1.29, 1.82) is 0 Å². The van der Waals surface area contributed by atoms with Crippen LogP contribution in [0.1, 0.15) is 18.1 Å². The summed E-state index contributed by atoms with van der Waals surface area (Å²) in [5.74, 6) is 0.0458. The second-order valence-electron chi connectivity index (χ2n) is 5.22. The largest absolute Gasteiger partial charge is 0.416 e. The molecule has 0 spiro atoms. The minimum absolute atomic E-state index is 0. The quantitative estimate of drug-likeness (QED) is 0.560. The van der Waals surface area contributed by atoms with Gasteiger partial charge in [0.2, 0.25) is 5.96 Å². The molecule has 3 nitrogen and oxygen atoms in total. The fraction of sp³-hybridized carbons (Fsp3) is 0.235. The van der Waals surface area contributed by atoms with E-state index >= 15 is 0 Å². The predicted octanol–water partition coefficient (Wildman–Crippen LogP) is 5.43. The van der Waals surface area contributed by atoms with Crippen LogP contribution in [0.3, 0.4) is 0 Å². The van der Waals surface area contributed by atoms with Gasteiger partial charge >= 0.3 is 6.18 Å². The molecule has 25 heavy (non-hydrogen) atoms. The highest BCUT2D eigenvalue weighted by Gasteiger charge is 2.31. The van der Waals surface area contributed by atoms with Gasteiger partial charge in [-0.25, -0.2) is 4.99 Å². The molecule has 0 radical (unpaired) electrons. The first-order chi connectivity index (χ1) is 11.2. The molecule has 8 heteroatoms. The zero-order valence-electron chi connectivity index (χ0n) is 13.6. The second kappa shape index (κ2) is 8.45. The Hall–Kier alpha value is -1.92. The van der Waals surface area contributed by atoms with Crippen LogP contribution >= 0.6 is 24.0 Å². The first-order valence-corrected chi connectivity index (χ1v) is 7.63. The molecule has 0 unspecified atom stereocenters. The number of alkyl halides is 3. The number of aliphatic imine (C=N–C) groups is 1. The maximum absolute atomic E-state index is 12.8. The molecule has 0 saturated carbocycles. The van der Waals surface area contributed by atoms with Crippen LogP contribution < -0.4 is 10.6 Å². The number of hydrogen-bond acceptors (Lipinski definition) is 1. The summed E-state index contributed by atoms with van der Waals surface area (Å²) in [6, 6.07) is 10.6. The first-order valence-electron chi connectivity index (χ1n) is 7.26. The van der Waals surface area contributed by atoms with Gasteiger partial charge in [0, 0.05) is 12.7 Å². The highest BCUT2D eigenvalue weighted by molar-refractivity contribution is 6.33. The van der Waals surface area contributed by atoms with Gasteiger partial charge in [-0.05, 0) is 42.3 Å². The summed E-state index contributed by atoms with van der Waals surface area (Å²) in [4.78, 5) is 5.65. The average Bonchev–Trinajstić information content (AvgIpc) is 2.55. The number of halogens is 5. The molecule has 0 saturated heterocycles. The molecular formula is C17H18Cl2F3N3. The van der Waals surface area contributed by atoms with Gasteiger partial charge in [0.1, 0.15) is 0 Å². The van der Waals surface area contributed by atoms with Crippen molar-refractivity contribution in [3.63, 3.8) is 0 Å². The predicted molar refractivity (Wildman–Crippen MR) is 99.2 cm³/mol. The fourth-order valence-electron chi connectivity index (χ4n) is 2.09. The monoisotopic (exact) mass is 391 g/mol. The Morgan fingerprint density at radius 3 is 2.48 bits per heavy atom. The molecule has 2 aromatic carbocycles. The van der Waals surface area contributed by atoms with Gasteiger partial charge in [0.05, 0.1) is 16.3 Å². The standard InChI is InChI=1S/C17H17ClF3N3.ClH/c1-3-11-5-4-6-13(9-11)24(2)16(22)23-15-10-12(17(19,20)21)7-8-14(15)18;/h4-10H,3H2,1-2H3,(H2,22,23);1H. The van der Waals surface area contributed by atoms with Crippen molar-refractivity contribution in [1.82, 2.24) is 0 Å². The molecule has 0 heterocycles. The van der Waals surface area contributed by atoms with Crippen molar-refractivity contribution in [2.75, 3.05) is 11.9 Å². The second-order valence-corrected chi connectivity index (χ2v) is 5.62. The maximum atomic E-state index is 12.8. The van der Waals surface area contributed by atoms with Gasteiger partial charge in [-0.15, -0.1) is 12.4 Å². The number of benzene rings is 2. The summed E-state index contributed by atoms with van der Waals surface area (Å²) < 4.78 is 38.4. The molecule has 2 rings (SSSR count). The summed E-state index contributed by atoms with van der Waals surface area (Å²) >= 11 is 5.94. The lowest BCUT2D eigenvalue weighted by Crippen LogP contribution is -2.33. The normalized spacial score (nSPS) is 11.8. The molecule has 0 aliphatic heterocycles. The molecule has 0 aromatic heterocycles. The molecule has 0 fully saturated rings. The summed E-state index contributed by atoms with van der Waals surface area (Å²) in [6.45, 7) is 2.03. The summed E-state index contributed by atoms with van der Waals surface area (Å²) in [5.41, 5.74) is 6.99. The van der Waals surface area contributed by atoms with Crippen LogP contribution in [0.25, 0.3) is 0 Å². The third kappa shape index (κ3) is 5.28. The van der Waals surface area contributed by atoms with Gasteiger partial charge in [0.25, 0.3) is 0 Å². The van der Waals surface area contributed by atoms with Gasteiger partial charge in [-0.2, -0.15) is 13.2 Å². The number of guanidine groups is 1. The van der Waals surface area contributed by atoms with E-state index in [1.165, 1.54) is 0 Å². The minimum atomic E-state index is -4.47. The van der Waals surface area contributed by atoms with E-state index < -0.39 is 11.7 Å². The van der Waals surface area contributed by atoms with E-state index in [1.54, 1.807) is 11.9 Å². The zero-order valence-corrected chi connectivity index (χ0v) is 15.2. The van der Waals surface area contributed by atoms with E-state index in [9.17, 15) is 13.2 Å². The van der Waals surface area contributed by atoms with Crippen LogP contribution in [-0.2, 0) is 12.6 Å². The Morgan fingerprint density at radius 2 is 1.88 bits per heavy atom. The minimum Gasteiger partial charge on any atom is -0.369 e. The summed E-state index contributed by atoms with van der Waals surface area (Å²) in [5, 5.41) is 0.0988. The zero-order chi connectivity index (χ0) is 17.9. The van der Waals surface area contributed by atoms with Crippen LogP contribution in [-0.4, -0.2) is 13.0 Å². The lowest BCUT2D eigenvalue weighted by Gasteiger charge is -2.19.